The van der Waals surface area contributed by atoms with E-state index in [9.17, 15) is 0 Å². The lowest BCUT2D eigenvalue weighted by Crippen LogP contribution is -2.15. The molecule has 0 amide bonds. The molecule has 1 nitrogen and oxygen atoms in total. The average Bonchev–Trinajstić information content (AvgIpc) is 2.06. The molecule has 68 valence electrons. The zero-order chi connectivity index (χ0) is 8.69. The van der Waals surface area contributed by atoms with Crippen molar-refractivity contribution < 1.29 is 4.74 Å². The third-order valence-electron chi connectivity index (χ3n) is 2.03. The van der Waals surface area contributed by atoms with Crippen LogP contribution >= 0.6 is 12.6 Å². The molecule has 0 aliphatic carbocycles. The van der Waals surface area contributed by atoms with Gasteiger partial charge in [0.15, 0.2) is 0 Å². The number of rotatable bonds is 6. The van der Waals surface area contributed by atoms with Gasteiger partial charge in [-0.1, -0.05) is 20.3 Å². The van der Waals surface area contributed by atoms with E-state index in [-0.39, 0.29) is 0 Å². The maximum atomic E-state index is 5.59. The van der Waals surface area contributed by atoms with Crippen LogP contribution in [0.1, 0.15) is 33.6 Å². The van der Waals surface area contributed by atoms with Crippen LogP contribution in [0, 0.1) is 5.92 Å². The van der Waals surface area contributed by atoms with E-state index in [4.69, 9.17) is 4.74 Å². The fourth-order valence-corrected chi connectivity index (χ4v) is 1.08. The number of ether oxygens (including phenoxy) is 1. The molecule has 0 heterocycles. The van der Waals surface area contributed by atoms with E-state index in [1.165, 1.54) is 6.42 Å². The minimum Gasteiger partial charge on any atom is -0.378 e. The molecule has 0 aliphatic heterocycles. The minimum atomic E-state index is 0.406. The Morgan fingerprint density at radius 2 is 1.91 bits per heavy atom. The Bertz CT molecular complexity index is 81.6. The third kappa shape index (κ3) is 5.57. The molecule has 0 fully saturated rings. The Morgan fingerprint density at radius 3 is 2.27 bits per heavy atom. The van der Waals surface area contributed by atoms with E-state index >= 15 is 0 Å². The molecule has 0 spiro atoms. The highest BCUT2D eigenvalue weighted by Gasteiger charge is 2.05. The van der Waals surface area contributed by atoms with Crippen LogP contribution in [-0.4, -0.2) is 18.5 Å². The molecule has 2 atom stereocenters. The Balaban J connectivity index is 3.34. The lowest BCUT2D eigenvalue weighted by Gasteiger charge is -2.15. The van der Waals surface area contributed by atoms with Crippen molar-refractivity contribution in [1.82, 2.24) is 0 Å². The molecular formula is C9H20OS. The van der Waals surface area contributed by atoms with Gasteiger partial charge in [-0.05, 0) is 25.0 Å². The fraction of sp³-hybridized carbons (Fsp3) is 1.00. The molecule has 0 rings (SSSR count). The lowest BCUT2D eigenvalue weighted by atomic mass is 10.1. The second kappa shape index (κ2) is 6.99. The average molecular weight is 176 g/mol. The highest BCUT2D eigenvalue weighted by atomic mass is 32.1. The predicted octanol–water partition coefficient (Wildman–Crippen LogP) is 2.76. The fourth-order valence-electron chi connectivity index (χ4n) is 0.718. The van der Waals surface area contributed by atoms with Gasteiger partial charge in [-0.25, -0.2) is 0 Å². The molecule has 11 heavy (non-hydrogen) atoms. The van der Waals surface area contributed by atoms with E-state index < -0.39 is 0 Å². The zero-order valence-electron chi connectivity index (χ0n) is 7.84. The van der Waals surface area contributed by atoms with E-state index in [0.29, 0.717) is 12.0 Å². The summed E-state index contributed by atoms with van der Waals surface area (Å²) in [4.78, 5) is 0. The van der Waals surface area contributed by atoms with Gasteiger partial charge in [0.2, 0.25) is 0 Å². The van der Waals surface area contributed by atoms with Crippen molar-refractivity contribution in [2.75, 3.05) is 12.4 Å². The monoisotopic (exact) mass is 176 g/mol. The van der Waals surface area contributed by atoms with E-state index in [0.717, 1.165) is 18.8 Å². The highest BCUT2D eigenvalue weighted by Crippen LogP contribution is 2.07. The van der Waals surface area contributed by atoms with Gasteiger partial charge in [-0.15, -0.1) is 0 Å². The van der Waals surface area contributed by atoms with Crippen molar-refractivity contribution in [2.45, 2.75) is 39.7 Å². The van der Waals surface area contributed by atoms with Crippen LogP contribution in [0.3, 0.4) is 0 Å². The Labute approximate surface area is 75.9 Å². The molecule has 0 aromatic heterocycles. The van der Waals surface area contributed by atoms with E-state index in [1.807, 2.05) is 0 Å². The summed E-state index contributed by atoms with van der Waals surface area (Å²) in [6.45, 7) is 7.31. The van der Waals surface area contributed by atoms with Crippen molar-refractivity contribution in [3.63, 3.8) is 0 Å². The maximum Gasteiger partial charge on any atom is 0.0544 e. The Hall–Kier alpha value is 0.310. The number of thiol groups is 1. The summed E-state index contributed by atoms with van der Waals surface area (Å²) < 4.78 is 5.59. The van der Waals surface area contributed by atoms with Crippen molar-refractivity contribution in [3.8, 4) is 0 Å². The smallest absolute Gasteiger partial charge is 0.0544 e. The van der Waals surface area contributed by atoms with Crippen LogP contribution < -0.4 is 0 Å². The SMILES string of the molecule is CCC(CS)COC(C)CC. The summed E-state index contributed by atoms with van der Waals surface area (Å²) in [7, 11) is 0. The first-order valence-corrected chi connectivity index (χ1v) is 5.10. The van der Waals surface area contributed by atoms with Crippen LogP contribution in [-0.2, 0) is 4.74 Å². The topological polar surface area (TPSA) is 9.23 Å². The van der Waals surface area contributed by atoms with Gasteiger partial charge in [0.25, 0.3) is 0 Å². The van der Waals surface area contributed by atoms with Crippen LogP contribution in [0.4, 0.5) is 0 Å². The van der Waals surface area contributed by atoms with Crippen molar-refractivity contribution in [3.05, 3.63) is 0 Å². The largest absolute Gasteiger partial charge is 0.378 e. The second-order valence-corrected chi connectivity index (χ2v) is 3.37. The zero-order valence-corrected chi connectivity index (χ0v) is 8.73. The van der Waals surface area contributed by atoms with Gasteiger partial charge in [0.05, 0.1) is 12.7 Å². The Kier molecular flexibility index (Phi) is 7.18. The van der Waals surface area contributed by atoms with Crippen molar-refractivity contribution in [1.29, 1.82) is 0 Å². The van der Waals surface area contributed by atoms with Gasteiger partial charge in [-0.3, -0.25) is 0 Å². The van der Waals surface area contributed by atoms with Crippen molar-refractivity contribution >= 4 is 12.6 Å². The maximum absolute atomic E-state index is 5.59. The quantitative estimate of drug-likeness (QED) is 0.612. The van der Waals surface area contributed by atoms with Gasteiger partial charge in [0, 0.05) is 0 Å². The van der Waals surface area contributed by atoms with Crippen LogP contribution in [0.2, 0.25) is 0 Å². The molecular weight excluding hydrogens is 156 g/mol. The molecule has 0 radical (unpaired) electrons. The van der Waals surface area contributed by atoms with Gasteiger partial charge >= 0.3 is 0 Å². The molecule has 0 saturated heterocycles. The molecule has 2 heteroatoms. The first kappa shape index (κ1) is 11.3. The van der Waals surface area contributed by atoms with E-state index in [1.54, 1.807) is 0 Å². The van der Waals surface area contributed by atoms with E-state index in [2.05, 4.69) is 33.4 Å². The first-order chi connectivity index (χ1) is 5.24. The standard InChI is InChI=1S/C9H20OS/c1-4-8(3)10-6-9(5-2)7-11/h8-9,11H,4-7H2,1-3H3. The summed E-state index contributed by atoms with van der Waals surface area (Å²) in [5.41, 5.74) is 0. The van der Waals surface area contributed by atoms with Gasteiger partial charge in [-0.2, -0.15) is 12.6 Å². The van der Waals surface area contributed by atoms with Crippen LogP contribution in [0.25, 0.3) is 0 Å². The van der Waals surface area contributed by atoms with Crippen LogP contribution in [0.5, 0.6) is 0 Å². The van der Waals surface area contributed by atoms with Crippen LogP contribution in [0.15, 0.2) is 0 Å². The summed E-state index contributed by atoms with van der Waals surface area (Å²) >= 11 is 4.25. The van der Waals surface area contributed by atoms with Gasteiger partial charge in [0.1, 0.15) is 0 Å². The minimum absolute atomic E-state index is 0.406. The predicted molar refractivity (Wildman–Crippen MR) is 53.3 cm³/mol. The second-order valence-electron chi connectivity index (χ2n) is 3.01. The third-order valence-corrected chi connectivity index (χ3v) is 2.54. The molecule has 0 aromatic carbocycles. The normalized spacial score (nSPS) is 16.4. The number of hydrogen-bond donors (Lipinski definition) is 1. The summed E-state index contributed by atoms with van der Waals surface area (Å²) in [6, 6.07) is 0. The molecule has 0 saturated carbocycles. The van der Waals surface area contributed by atoms with Crippen molar-refractivity contribution in [2.24, 2.45) is 5.92 Å². The number of hydrogen-bond acceptors (Lipinski definition) is 2. The molecule has 0 aromatic rings. The summed E-state index contributed by atoms with van der Waals surface area (Å²) in [5.74, 6) is 1.57. The lowest BCUT2D eigenvalue weighted by molar-refractivity contribution is 0.0422. The summed E-state index contributed by atoms with van der Waals surface area (Å²) in [5, 5.41) is 0. The molecule has 0 aliphatic rings. The summed E-state index contributed by atoms with van der Waals surface area (Å²) in [6.07, 6.45) is 2.67. The molecule has 0 bridgehead atoms. The molecule has 0 N–H and O–H groups in total. The highest BCUT2D eigenvalue weighted by molar-refractivity contribution is 7.80. The van der Waals surface area contributed by atoms with Gasteiger partial charge < -0.3 is 4.74 Å². The first-order valence-electron chi connectivity index (χ1n) is 4.47. The Morgan fingerprint density at radius 1 is 1.27 bits per heavy atom. The molecule has 2 unspecified atom stereocenters.